The molecule has 0 unspecified atom stereocenters. The Morgan fingerprint density at radius 1 is 1.26 bits per heavy atom. The first-order valence-corrected chi connectivity index (χ1v) is 7.10. The zero-order chi connectivity index (χ0) is 16.7. The summed E-state index contributed by atoms with van der Waals surface area (Å²) in [7, 11) is 1.46. The fourth-order valence-electron chi connectivity index (χ4n) is 1.76. The first-order valence-electron chi connectivity index (χ1n) is 6.73. The van der Waals surface area contributed by atoms with Gasteiger partial charge in [0.1, 0.15) is 0 Å². The molecule has 0 spiro atoms. The molecular weight excluding hydrogens is 316 g/mol. The Morgan fingerprint density at radius 3 is 2.70 bits per heavy atom. The first-order chi connectivity index (χ1) is 11.1. The van der Waals surface area contributed by atoms with Crippen LogP contribution in [-0.4, -0.2) is 24.3 Å². The van der Waals surface area contributed by atoms with E-state index in [9.17, 15) is 9.90 Å². The summed E-state index contributed by atoms with van der Waals surface area (Å²) in [6, 6.07) is 12.1. The van der Waals surface area contributed by atoms with Gasteiger partial charge in [-0.3, -0.25) is 4.79 Å². The summed E-state index contributed by atoms with van der Waals surface area (Å²) in [5.41, 5.74) is 3.63. The Bertz CT molecular complexity index is 740. The maximum Gasteiger partial charge on any atom is 0.264 e. The van der Waals surface area contributed by atoms with Crippen LogP contribution in [0.15, 0.2) is 53.6 Å². The lowest BCUT2D eigenvalue weighted by Gasteiger charge is -2.04. The lowest BCUT2D eigenvalue weighted by Crippen LogP contribution is -2.14. The number of hydrogen-bond acceptors (Lipinski definition) is 4. The van der Waals surface area contributed by atoms with E-state index >= 15 is 0 Å². The molecule has 0 radical (unpaired) electrons. The summed E-state index contributed by atoms with van der Waals surface area (Å²) in [4.78, 5) is 11.7. The maximum atomic E-state index is 11.7. The van der Waals surface area contributed by atoms with Gasteiger partial charge in [-0.05, 0) is 35.9 Å². The Balaban J connectivity index is 1.95. The number of ether oxygens (including phenoxy) is 1. The Labute approximate surface area is 138 Å². The summed E-state index contributed by atoms with van der Waals surface area (Å²) >= 11 is 5.78. The van der Waals surface area contributed by atoms with Crippen LogP contribution >= 0.6 is 11.6 Å². The number of carbonyl (C=O) groups is 1. The highest BCUT2D eigenvalue weighted by molar-refractivity contribution is 6.30. The van der Waals surface area contributed by atoms with Crippen LogP contribution in [0.3, 0.4) is 0 Å². The van der Waals surface area contributed by atoms with Crippen molar-refractivity contribution in [2.75, 3.05) is 7.11 Å². The summed E-state index contributed by atoms with van der Waals surface area (Å²) in [6.45, 7) is 0. The zero-order valence-electron chi connectivity index (χ0n) is 12.4. The number of nitrogens with zero attached hydrogens (tertiary/aromatic N) is 1. The van der Waals surface area contributed by atoms with Crippen molar-refractivity contribution >= 4 is 29.8 Å². The van der Waals surface area contributed by atoms with Crippen LogP contribution in [0.25, 0.3) is 6.08 Å². The normalized spacial score (nSPS) is 11.0. The molecule has 0 aliphatic carbocycles. The molecular formula is C17H15ClN2O3. The molecule has 0 bridgehead atoms. The molecule has 0 atom stereocenters. The Hall–Kier alpha value is -2.79. The number of amides is 1. The number of benzene rings is 2. The molecule has 0 aromatic heterocycles. The van der Waals surface area contributed by atoms with Crippen LogP contribution in [0.4, 0.5) is 0 Å². The smallest absolute Gasteiger partial charge is 0.264 e. The molecule has 2 aromatic carbocycles. The van der Waals surface area contributed by atoms with E-state index in [0.717, 1.165) is 5.56 Å². The van der Waals surface area contributed by atoms with E-state index in [-0.39, 0.29) is 5.75 Å². The lowest BCUT2D eigenvalue weighted by atomic mass is 10.2. The van der Waals surface area contributed by atoms with Crippen LogP contribution in [0, 0.1) is 0 Å². The number of phenols is 1. The van der Waals surface area contributed by atoms with Crippen LogP contribution in [0.2, 0.25) is 5.02 Å². The highest BCUT2D eigenvalue weighted by atomic mass is 35.5. The third-order valence-corrected chi connectivity index (χ3v) is 3.18. The zero-order valence-corrected chi connectivity index (χ0v) is 13.1. The molecule has 2 rings (SSSR count). The number of halogens is 1. The Morgan fingerprint density at radius 2 is 2.00 bits per heavy atom. The average Bonchev–Trinajstić information content (AvgIpc) is 2.56. The fourth-order valence-corrected chi connectivity index (χ4v) is 1.88. The van der Waals surface area contributed by atoms with E-state index in [1.807, 2.05) is 0 Å². The first kappa shape index (κ1) is 16.6. The van der Waals surface area contributed by atoms with Crippen molar-refractivity contribution in [3.8, 4) is 11.5 Å². The van der Waals surface area contributed by atoms with Gasteiger partial charge in [0.15, 0.2) is 11.5 Å². The Kier molecular flexibility index (Phi) is 5.77. The summed E-state index contributed by atoms with van der Waals surface area (Å²) in [6.07, 6.45) is 4.34. The van der Waals surface area contributed by atoms with Crippen LogP contribution < -0.4 is 10.2 Å². The van der Waals surface area contributed by atoms with Crippen molar-refractivity contribution in [2.45, 2.75) is 0 Å². The summed E-state index contributed by atoms with van der Waals surface area (Å²) in [5.74, 6) is -0.0915. The standard InChI is InChI=1S/C17H15ClN2O3/c1-23-15-4-2-3-13(17(15)22)11-19-20-16(21)10-7-12-5-8-14(18)9-6-12/h2-11,22H,1H3,(H,20,21)/b10-7+,19-11-. The predicted octanol–water partition coefficient (Wildman–Crippen LogP) is 3.22. The molecule has 118 valence electrons. The van der Waals surface area contributed by atoms with Gasteiger partial charge in [-0.15, -0.1) is 0 Å². The lowest BCUT2D eigenvalue weighted by molar-refractivity contribution is -0.116. The number of nitrogens with one attached hydrogen (secondary N) is 1. The third kappa shape index (κ3) is 4.86. The summed E-state index contributed by atoms with van der Waals surface area (Å²) in [5, 5.41) is 14.3. The van der Waals surface area contributed by atoms with Gasteiger partial charge in [0.25, 0.3) is 5.91 Å². The van der Waals surface area contributed by atoms with Crippen molar-refractivity contribution in [1.82, 2.24) is 5.43 Å². The SMILES string of the molecule is COc1cccc(/C=N\NC(=O)/C=C/c2ccc(Cl)cc2)c1O. The highest BCUT2D eigenvalue weighted by Gasteiger charge is 2.04. The van der Waals surface area contributed by atoms with Gasteiger partial charge in [0.2, 0.25) is 0 Å². The average molecular weight is 331 g/mol. The molecule has 2 aromatic rings. The quantitative estimate of drug-likeness (QED) is 0.502. The molecule has 0 fully saturated rings. The van der Waals surface area contributed by atoms with Gasteiger partial charge in [0.05, 0.1) is 13.3 Å². The molecule has 0 saturated carbocycles. The molecule has 0 aliphatic heterocycles. The topological polar surface area (TPSA) is 70.9 Å². The summed E-state index contributed by atoms with van der Waals surface area (Å²) < 4.78 is 4.99. The van der Waals surface area contributed by atoms with Crippen LogP contribution in [0.5, 0.6) is 11.5 Å². The van der Waals surface area contributed by atoms with Crippen molar-refractivity contribution in [3.05, 3.63) is 64.7 Å². The molecule has 0 saturated heterocycles. The predicted molar refractivity (Wildman–Crippen MR) is 90.9 cm³/mol. The van der Waals surface area contributed by atoms with Crippen molar-refractivity contribution < 1.29 is 14.6 Å². The second-order valence-corrected chi connectivity index (χ2v) is 4.95. The van der Waals surface area contributed by atoms with Gasteiger partial charge in [-0.1, -0.05) is 29.8 Å². The van der Waals surface area contributed by atoms with Crippen molar-refractivity contribution in [1.29, 1.82) is 0 Å². The number of methoxy groups -OCH3 is 1. The number of aromatic hydroxyl groups is 1. The highest BCUT2D eigenvalue weighted by Crippen LogP contribution is 2.27. The largest absolute Gasteiger partial charge is 0.504 e. The van der Waals surface area contributed by atoms with E-state index in [2.05, 4.69) is 10.5 Å². The number of para-hydroxylation sites is 1. The molecule has 5 nitrogen and oxygen atoms in total. The third-order valence-electron chi connectivity index (χ3n) is 2.93. The number of hydrazone groups is 1. The van der Waals surface area contributed by atoms with Gasteiger partial charge >= 0.3 is 0 Å². The molecule has 6 heteroatoms. The molecule has 0 heterocycles. The fraction of sp³-hybridized carbons (Fsp3) is 0.0588. The van der Waals surface area contributed by atoms with Crippen LogP contribution in [0.1, 0.15) is 11.1 Å². The number of hydrogen-bond donors (Lipinski definition) is 2. The molecule has 0 aliphatic rings. The van der Waals surface area contributed by atoms with Crippen molar-refractivity contribution in [3.63, 3.8) is 0 Å². The van der Waals surface area contributed by atoms with E-state index in [4.69, 9.17) is 16.3 Å². The van der Waals surface area contributed by atoms with E-state index in [0.29, 0.717) is 16.3 Å². The van der Waals surface area contributed by atoms with Gasteiger partial charge in [0, 0.05) is 16.7 Å². The molecule has 1 amide bonds. The van der Waals surface area contributed by atoms with E-state index in [1.165, 1.54) is 19.4 Å². The number of phenolic OH excluding ortho intramolecular Hbond substituents is 1. The van der Waals surface area contributed by atoms with Gasteiger partial charge in [-0.25, -0.2) is 5.43 Å². The monoisotopic (exact) mass is 330 g/mol. The molecule has 2 N–H and O–H groups in total. The maximum absolute atomic E-state index is 11.7. The van der Waals surface area contributed by atoms with E-state index < -0.39 is 5.91 Å². The van der Waals surface area contributed by atoms with Gasteiger partial charge in [-0.2, -0.15) is 5.10 Å². The number of rotatable bonds is 5. The number of carbonyl (C=O) groups excluding carboxylic acids is 1. The van der Waals surface area contributed by atoms with Crippen LogP contribution in [-0.2, 0) is 4.79 Å². The second kappa shape index (κ2) is 8.00. The minimum Gasteiger partial charge on any atom is -0.504 e. The van der Waals surface area contributed by atoms with Crippen molar-refractivity contribution in [2.24, 2.45) is 5.10 Å². The minimum absolute atomic E-state index is 0.0373. The van der Waals surface area contributed by atoms with Gasteiger partial charge < -0.3 is 9.84 Å². The minimum atomic E-state index is -0.390. The molecule has 23 heavy (non-hydrogen) atoms. The second-order valence-electron chi connectivity index (χ2n) is 4.52. The van der Waals surface area contributed by atoms with E-state index in [1.54, 1.807) is 48.5 Å².